The van der Waals surface area contributed by atoms with E-state index in [9.17, 15) is 4.79 Å². The Kier molecular flexibility index (Phi) is 3.70. The third kappa shape index (κ3) is 3.28. The highest BCUT2D eigenvalue weighted by Crippen LogP contribution is 2.30. The normalized spacial score (nSPS) is 16.8. The molecular weight excluding hydrogens is 266 g/mol. The van der Waals surface area contributed by atoms with Gasteiger partial charge in [0.15, 0.2) is 0 Å². The van der Waals surface area contributed by atoms with E-state index in [0.717, 1.165) is 37.1 Å². The van der Waals surface area contributed by atoms with Crippen molar-refractivity contribution in [1.29, 1.82) is 0 Å². The number of benzene rings is 1. The second kappa shape index (κ2) is 5.65. The molecule has 0 unspecified atom stereocenters. The number of anilines is 1. The van der Waals surface area contributed by atoms with Crippen LogP contribution in [0.15, 0.2) is 36.9 Å². The van der Waals surface area contributed by atoms with Crippen molar-refractivity contribution in [3.05, 3.63) is 36.9 Å². The minimum atomic E-state index is -0.315. The average Bonchev–Trinajstić information content (AvgIpc) is 3.11. The maximum Gasteiger partial charge on any atom is 0.226 e. The molecule has 0 radical (unpaired) electrons. The van der Waals surface area contributed by atoms with Crippen LogP contribution in [0.3, 0.4) is 0 Å². The van der Waals surface area contributed by atoms with Crippen LogP contribution in [0.2, 0.25) is 0 Å². The molecule has 1 aliphatic rings. The van der Waals surface area contributed by atoms with E-state index in [-0.39, 0.29) is 11.4 Å². The van der Waals surface area contributed by atoms with E-state index >= 15 is 0 Å². The fraction of sp³-hybridized carbons (Fsp3) is 0.400. The Balaban J connectivity index is 1.61. The number of carbonyl (C=O) groups excluding carboxylic acids is 1. The summed E-state index contributed by atoms with van der Waals surface area (Å²) in [7, 11) is 0. The maximum absolute atomic E-state index is 12.1. The van der Waals surface area contributed by atoms with E-state index in [1.165, 1.54) is 6.33 Å². The molecule has 0 atom stereocenters. The molecule has 1 aromatic carbocycles. The summed E-state index contributed by atoms with van der Waals surface area (Å²) in [6, 6.07) is 7.48. The van der Waals surface area contributed by atoms with Gasteiger partial charge in [-0.2, -0.15) is 5.10 Å². The van der Waals surface area contributed by atoms with E-state index in [1.807, 2.05) is 24.3 Å². The molecule has 1 saturated carbocycles. The van der Waals surface area contributed by atoms with Crippen molar-refractivity contribution in [3.63, 3.8) is 0 Å². The van der Waals surface area contributed by atoms with Crippen molar-refractivity contribution in [2.24, 2.45) is 5.73 Å². The zero-order valence-corrected chi connectivity index (χ0v) is 11.8. The van der Waals surface area contributed by atoms with Crippen LogP contribution in [0.1, 0.15) is 32.1 Å². The quantitative estimate of drug-likeness (QED) is 0.898. The van der Waals surface area contributed by atoms with Gasteiger partial charge in [0.1, 0.15) is 12.7 Å². The molecule has 0 spiro atoms. The van der Waals surface area contributed by atoms with Crippen molar-refractivity contribution in [3.8, 4) is 5.69 Å². The highest BCUT2D eigenvalue weighted by atomic mass is 16.1. The van der Waals surface area contributed by atoms with Gasteiger partial charge in [-0.3, -0.25) is 4.79 Å². The van der Waals surface area contributed by atoms with Gasteiger partial charge < -0.3 is 11.1 Å². The third-order valence-electron chi connectivity index (χ3n) is 3.95. The Labute approximate surface area is 123 Å². The topological polar surface area (TPSA) is 85.8 Å². The lowest BCUT2D eigenvalue weighted by Gasteiger charge is -2.22. The summed E-state index contributed by atoms with van der Waals surface area (Å²) >= 11 is 0. The number of aromatic nitrogens is 3. The first kappa shape index (κ1) is 13.8. The predicted octanol–water partition coefficient (Wildman–Crippen LogP) is 1.87. The van der Waals surface area contributed by atoms with Crippen LogP contribution >= 0.6 is 0 Å². The second-order valence-corrected chi connectivity index (χ2v) is 5.68. The average molecular weight is 285 g/mol. The number of hydrogen-bond donors (Lipinski definition) is 2. The Bertz CT molecular complexity index is 600. The molecule has 3 rings (SSSR count). The molecule has 1 heterocycles. The minimum Gasteiger partial charge on any atom is -0.326 e. The standard InChI is InChI=1S/C15H19N5O/c16-15(7-1-2-8-15)9-14(21)19-12-3-5-13(6-4-12)20-11-17-10-18-20/h3-6,10-11H,1-2,7-9,16H2,(H,19,21). The second-order valence-electron chi connectivity index (χ2n) is 5.68. The van der Waals surface area contributed by atoms with Crippen LogP contribution in [-0.2, 0) is 4.79 Å². The molecule has 0 saturated heterocycles. The van der Waals surface area contributed by atoms with Crippen molar-refractivity contribution in [1.82, 2.24) is 14.8 Å². The van der Waals surface area contributed by atoms with Crippen LogP contribution < -0.4 is 11.1 Å². The van der Waals surface area contributed by atoms with Crippen LogP contribution in [0.5, 0.6) is 0 Å². The van der Waals surface area contributed by atoms with E-state index in [0.29, 0.717) is 6.42 Å². The predicted molar refractivity (Wildman–Crippen MR) is 80.0 cm³/mol. The molecular formula is C15H19N5O. The summed E-state index contributed by atoms with van der Waals surface area (Å²) in [5.74, 6) is -0.0205. The molecule has 0 aliphatic heterocycles. The van der Waals surface area contributed by atoms with Crippen molar-refractivity contribution >= 4 is 11.6 Å². The third-order valence-corrected chi connectivity index (χ3v) is 3.95. The number of hydrogen-bond acceptors (Lipinski definition) is 4. The number of nitrogens with two attached hydrogens (primary N) is 1. The fourth-order valence-electron chi connectivity index (χ4n) is 2.82. The first-order valence-electron chi connectivity index (χ1n) is 7.18. The summed E-state index contributed by atoms with van der Waals surface area (Å²) in [6.45, 7) is 0. The first-order valence-corrected chi connectivity index (χ1v) is 7.18. The van der Waals surface area contributed by atoms with Gasteiger partial charge >= 0.3 is 0 Å². The molecule has 0 bridgehead atoms. The van der Waals surface area contributed by atoms with Gasteiger partial charge in [0.05, 0.1) is 5.69 Å². The maximum atomic E-state index is 12.1. The monoisotopic (exact) mass is 285 g/mol. The van der Waals surface area contributed by atoms with Gasteiger partial charge in [0.25, 0.3) is 0 Å². The zero-order valence-electron chi connectivity index (χ0n) is 11.8. The van der Waals surface area contributed by atoms with Crippen molar-refractivity contribution in [2.75, 3.05) is 5.32 Å². The van der Waals surface area contributed by atoms with Crippen molar-refractivity contribution < 1.29 is 4.79 Å². The number of nitrogens with one attached hydrogen (secondary N) is 1. The summed E-state index contributed by atoms with van der Waals surface area (Å²) in [4.78, 5) is 16.0. The Morgan fingerprint density at radius 3 is 2.62 bits per heavy atom. The van der Waals surface area contributed by atoms with Gasteiger partial charge in [-0.25, -0.2) is 9.67 Å². The highest BCUT2D eigenvalue weighted by Gasteiger charge is 2.31. The van der Waals surface area contributed by atoms with E-state index in [2.05, 4.69) is 15.4 Å². The van der Waals surface area contributed by atoms with Gasteiger partial charge in [-0.05, 0) is 37.1 Å². The lowest BCUT2D eigenvalue weighted by Crippen LogP contribution is -2.40. The molecule has 6 nitrogen and oxygen atoms in total. The van der Waals surface area contributed by atoms with E-state index in [4.69, 9.17) is 5.73 Å². The molecule has 2 aromatic rings. The SMILES string of the molecule is NC1(CC(=O)Nc2ccc(-n3cncn3)cc2)CCCC1. The smallest absolute Gasteiger partial charge is 0.226 e. The lowest BCUT2D eigenvalue weighted by molar-refractivity contribution is -0.117. The Morgan fingerprint density at radius 1 is 1.29 bits per heavy atom. The van der Waals surface area contributed by atoms with Gasteiger partial charge in [-0.1, -0.05) is 12.8 Å². The fourth-order valence-corrected chi connectivity index (χ4v) is 2.82. The largest absolute Gasteiger partial charge is 0.326 e. The van der Waals surface area contributed by atoms with Gasteiger partial charge in [-0.15, -0.1) is 0 Å². The van der Waals surface area contributed by atoms with Crippen molar-refractivity contribution in [2.45, 2.75) is 37.6 Å². The number of amides is 1. The summed E-state index contributed by atoms with van der Waals surface area (Å²) in [6.07, 6.45) is 7.62. The highest BCUT2D eigenvalue weighted by molar-refractivity contribution is 5.91. The molecule has 1 fully saturated rings. The summed E-state index contributed by atoms with van der Waals surface area (Å²) in [5, 5.41) is 6.96. The molecule has 3 N–H and O–H groups in total. The minimum absolute atomic E-state index is 0.0205. The number of nitrogens with zero attached hydrogens (tertiary/aromatic N) is 3. The van der Waals surface area contributed by atoms with Gasteiger partial charge in [0.2, 0.25) is 5.91 Å². The summed E-state index contributed by atoms with van der Waals surface area (Å²) in [5.41, 5.74) is 7.58. The Hall–Kier alpha value is -2.21. The van der Waals surface area contributed by atoms with Gasteiger partial charge in [0, 0.05) is 17.6 Å². The molecule has 21 heavy (non-hydrogen) atoms. The van der Waals surface area contributed by atoms with Crippen LogP contribution in [0.4, 0.5) is 5.69 Å². The van der Waals surface area contributed by atoms with Crippen LogP contribution in [0, 0.1) is 0 Å². The molecule has 1 aliphatic carbocycles. The molecule has 6 heteroatoms. The Morgan fingerprint density at radius 2 is 2.00 bits per heavy atom. The summed E-state index contributed by atoms with van der Waals surface area (Å²) < 4.78 is 1.67. The molecule has 110 valence electrons. The zero-order chi connectivity index (χ0) is 14.7. The lowest BCUT2D eigenvalue weighted by atomic mass is 9.94. The van der Waals surface area contributed by atoms with Crippen LogP contribution in [-0.4, -0.2) is 26.2 Å². The number of carbonyl (C=O) groups is 1. The van der Waals surface area contributed by atoms with E-state index in [1.54, 1.807) is 11.0 Å². The van der Waals surface area contributed by atoms with E-state index < -0.39 is 0 Å². The first-order chi connectivity index (χ1) is 10.1. The number of rotatable bonds is 4. The molecule has 1 amide bonds. The molecule has 1 aromatic heterocycles. The van der Waals surface area contributed by atoms with Crippen LogP contribution in [0.25, 0.3) is 5.69 Å².